The van der Waals surface area contributed by atoms with Crippen molar-refractivity contribution in [2.24, 2.45) is 0 Å². The number of benzene rings is 1. The highest BCUT2D eigenvalue weighted by atomic mass is 32.2. The molecule has 21 heavy (non-hydrogen) atoms. The monoisotopic (exact) mass is 304 g/mol. The smallest absolute Gasteiger partial charge is 0.307 e. The van der Waals surface area contributed by atoms with Gasteiger partial charge in [0.05, 0.1) is 6.42 Å². The Morgan fingerprint density at radius 3 is 2.57 bits per heavy atom. The first-order chi connectivity index (χ1) is 9.97. The highest BCUT2D eigenvalue weighted by molar-refractivity contribution is 7.99. The van der Waals surface area contributed by atoms with Gasteiger partial charge in [-0.05, 0) is 31.5 Å². The second-order valence-electron chi connectivity index (χ2n) is 4.86. The van der Waals surface area contributed by atoms with Gasteiger partial charge < -0.3 is 9.67 Å². The Labute approximate surface area is 126 Å². The summed E-state index contributed by atoms with van der Waals surface area (Å²) in [6, 6.07) is 7.19. The van der Waals surface area contributed by atoms with Crippen LogP contribution in [0.3, 0.4) is 0 Å². The number of rotatable bonds is 5. The predicted molar refractivity (Wildman–Crippen MR) is 80.8 cm³/mol. The lowest BCUT2D eigenvalue weighted by molar-refractivity contribution is -0.136. The topological polar surface area (TPSA) is 72.2 Å². The normalized spacial score (nSPS) is 10.8. The molecular formula is C15H16N2O3S. The number of hydrogen-bond acceptors (Lipinski definition) is 4. The van der Waals surface area contributed by atoms with Crippen LogP contribution in [0.25, 0.3) is 0 Å². The Morgan fingerprint density at radius 2 is 2.00 bits per heavy atom. The number of carboxylic acids is 1. The summed E-state index contributed by atoms with van der Waals surface area (Å²) in [4.78, 5) is 27.8. The van der Waals surface area contributed by atoms with Crippen LogP contribution >= 0.6 is 11.8 Å². The van der Waals surface area contributed by atoms with Crippen molar-refractivity contribution in [1.82, 2.24) is 9.55 Å². The molecule has 2 aromatic rings. The first-order valence-electron chi connectivity index (χ1n) is 6.53. The van der Waals surface area contributed by atoms with Gasteiger partial charge in [-0.1, -0.05) is 23.9 Å². The summed E-state index contributed by atoms with van der Waals surface area (Å²) in [6.45, 7) is 3.88. The first kappa shape index (κ1) is 15.3. The van der Waals surface area contributed by atoms with Crippen LogP contribution in [-0.2, 0) is 11.2 Å². The zero-order chi connectivity index (χ0) is 15.4. The van der Waals surface area contributed by atoms with Crippen molar-refractivity contribution in [3.05, 3.63) is 52.6 Å². The van der Waals surface area contributed by atoms with Crippen molar-refractivity contribution < 1.29 is 9.90 Å². The van der Waals surface area contributed by atoms with Gasteiger partial charge in [-0.15, -0.1) is 0 Å². The average molecular weight is 304 g/mol. The number of carbonyl (C=O) groups is 1. The van der Waals surface area contributed by atoms with Crippen LogP contribution in [0.5, 0.6) is 0 Å². The second kappa shape index (κ2) is 6.58. The molecule has 0 radical (unpaired) electrons. The van der Waals surface area contributed by atoms with Crippen LogP contribution in [0.15, 0.2) is 51.4 Å². The lowest BCUT2D eigenvalue weighted by Gasteiger charge is -2.10. The van der Waals surface area contributed by atoms with E-state index in [0.29, 0.717) is 5.03 Å². The van der Waals surface area contributed by atoms with Crippen molar-refractivity contribution in [3.63, 3.8) is 0 Å². The van der Waals surface area contributed by atoms with Crippen molar-refractivity contribution in [2.75, 3.05) is 0 Å². The summed E-state index contributed by atoms with van der Waals surface area (Å²) in [5.41, 5.74) is 0.611. The molecule has 1 aromatic carbocycles. The molecule has 0 aliphatic heterocycles. The lowest BCUT2D eigenvalue weighted by Crippen LogP contribution is -2.23. The van der Waals surface area contributed by atoms with Crippen molar-refractivity contribution in [3.8, 4) is 0 Å². The highest BCUT2D eigenvalue weighted by Gasteiger charge is 2.09. The third-order valence-corrected chi connectivity index (χ3v) is 3.87. The van der Waals surface area contributed by atoms with E-state index in [2.05, 4.69) is 4.98 Å². The molecule has 0 aliphatic rings. The molecule has 0 atom stereocenters. The third kappa shape index (κ3) is 3.95. The molecule has 0 spiro atoms. The SMILES string of the molecule is CC(C)n1ccnc(Sc2ccc(CC(=O)O)cc2)c1=O. The van der Waals surface area contributed by atoms with Gasteiger partial charge in [-0.2, -0.15) is 0 Å². The van der Waals surface area contributed by atoms with Gasteiger partial charge in [0.2, 0.25) is 0 Å². The number of aromatic nitrogens is 2. The van der Waals surface area contributed by atoms with Crippen LogP contribution in [0.2, 0.25) is 0 Å². The fraction of sp³-hybridized carbons (Fsp3) is 0.267. The van der Waals surface area contributed by atoms with Gasteiger partial charge in [-0.3, -0.25) is 9.59 Å². The Hall–Kier alpha value is -2.08. The van der Waals surface area contributed by atoms with Gasteiger partial charge in [0.15, 0.2) is 5.03 Å². The van der Waals surface area contributed by atoms with E-state index in [1.807, 2.05) is 13.8 Å². The molecule has 6 heteroatoms. The van der Waals surface area contributed by atoms with Crippen LogP contribution < -0.4 is 5.56 Å². The van der Waals surface area contributed by atoms with Crippen LogP contribution in [0.4, 0.5) is 0 Å². The van der Waals surface area contributed by atoms with Gasteiger partial charge in [-0.25, -0.2) is 4.98 Å². The van der Waals surface area contributed by atoms with Crippen molar-refractivity contribution >= 4 is 17.7 Å². The van der Waals surface area contributed by atoms with Crippen molar-refractivity contribution in [2.45, 2.75) is 36.2 Å². The molecule has 110 valence electrons. The highest BCUT2D eigenvalue weighted by Crippen LogP contribution is 2.24. The Kier molecular flexibility index (Phi) is 4.80. The number of hydrogen-bond donors (Lipinski definition) is 1. The van der Waals surface area contributed by atoms with E-state index in [-0.39, 0.29) is 18.0 Å². The average Bonchev–Trinajstić information content (AvgIpc) is 2.42. The molecule has 5 nitrogen and oxygen atoms in total. The van der Waals surface area contributed by atoms with E-state index in [1.54, 1.807) is 41.2 Å². The molecule has 0 fully saturated rings. The summed E-state index contributed by atoms with van der Waals surface area (Å²) in [6.07, 6.45) is 3.28. The molecule has 0 saturated heterocycles. The summed E-state index contributed by atoms with van der Waals surface area (Å²) in [7, 11) is 0. The number of aliphatic carboxylic acids is 1. The van der Waals surface area contributed by atoms with E-state index in [0.717, 1.165) is 10.5 Å². The fourth-order valence-corrected chi connectivity index (χ4v) is 2.65. The molecule has 1 heterocycles. The van der Waals surface area contributed by atoms with Crippen LogP contribution in [0.1, 0.15) is 25.5 Å². The molecule has 1 aromatic heterocycles. The van der Waals surface area contributed by atoms with E-state index < -0.39 is 5.97 Å². The molecule has 0 saturated carbocycles. The Bertz CT molecular complexity index is 693. The van der Waals surface area contributed by atoms with E-state index in [9.17, 15) is 9.59 Å². The maximum Gasteiger partial charge on any atom is 0.307 e. The fourth-order valence-electron chi connectivity index (χ4n) is 1.84. The second-order valence-corrected chi connectivity index (χ2v) is 5.92. The number of carboxylic acid groups (broad SMARTS) is 1. The quantitative estimate of drug-likeness (QED) is 0.919. The molecule has 1 N–H and O–H groups in total. The minimum atomic E-state index is -0.861. The minimum absolute atomic E-state index is 0.00527. The molecular weight excluding hydrogens is 288 g/mol. The van der Waals surface area contributed by atoms with Crippen LogP contribution in [0, 0.1) is 0 Å². The predicted octanol–water partition coefficient (Wildman–Crippen LogP) is 2.60. The largest absolute Gasteiger partial charge is 0.481 e. The van der Waals surface area contributed by atoms with E-state index in [4.69, 9.17) is 5.11 Å². The minimum Gasteiger partial charge on any atom is -0.481 e. The summed E-state index contributed by atoms with van der Waals surface area (Å²) >= 11 is 1.28. The summed E-state index contributed by atoms with van der Waals surface area (Å²) < 4.78 is 1.63. The summed E-state index contributed by atoms with van der Waals surface area (Å²) in [5.74, 6) is -0.861. The maximum absolute atomic E-state index is 12.2. The third-order valence-electron chi connectivity index (χ3n) is 2.89. The van der Waals surface area contributed by atoms with E-state index in [1.165, 1.54) is 11.8 Å². The van der Waals surface area contributed by atoms with Gasteiger partial charge >= 0.3 is 5.97 Å². The maximum atomic E-state index is 12.2. The Balaban J connectivity index is 2.21. The molecule has 0 amide bonds. The Morgan fingerprint density at radius 1 is 1.33 bits per heavy atom. The van der Waals surface area contributed by atoms with Gasteiger partial charge in [0.1, 0.15) is 0 Å². The molecule has 0 bridgehead atoms. The van der Waals surface area contributed by atoms with Crippen LogP contribution in [-0.4, -0.2) is 20.6 Å². The molecule has 0 unspecified atom stereocenters. The van der Waals surface area contributed by atoms with Crippen molar-refractivity contribution in [1.29, 1.82) is 0 Å². The summed E-state index contributed by atoms with van der Waals surface area (Å²) in [5, 5.41) is 9.15. The standard InChI is InChI=1S/C15H16N2O3S/c1-10(2)17-8-7-16-14(15(17)20)21-12-5-3-11(4-6-12)9-13(18)19/h3-8,10H,9H2,1-2H3,(H,18,19). The molecule has 2 rings (SSSR count). The number of nitrogens with zero attached hydrogens (tertiary/aromatic N) is 2. The molecule has 0 aliphatic carbocycles. The zero-order valence-corrected chi connectivity index (χ0v) is 12.6. The lowest BCUT2D eigenvalue weighted by atomic mass is 10.2. The van der Waals surface area contributed by atoms with Gasteiger partial charge in [0, 0.05) is 23.3 Å². The first-order valence-corrected chi connectivity index (χ1v) is 7.34. The van der Waals surface area contributed by atoms with E-state index >= 15 is 0 Å². The zero-order valence-electron chi connectivity index (χ0n) is 11.8. The van der Waals surface area contributed by atoms with Gasteiger partial charge in [0.25, 0.3) is 5.56 Å².